The third-order valence-electron chi connectivity index (χ3n) is 2.31. The molecule has 74 valence electrons. The quantitative estimate of drug-likeness (QED) is 0.704. The van der Waals surface area contributed by atoms with Crippen molar-refractivity contribution >= 4 is 0 Å². The van der Waals surface area contributed by atoms with Crippen LogP contribution in [0.5, 0.6) is 0 Å². The summed E-state index contributed by atoms with van der Waals surface area (Å²) in [5, 5.41) is 12.8. The second kappa shape index (κ2) is 3.58. The van der Waals surface area contributed by atoms with Gasteiger partial charge in [-0.05, 0) is 25.5 Å². The minimum absolute atomic E-state index is 0.579. The van der Waals surface area contributed by atoms with Crippen molar-refractivity contribution < 1.29 is 0 Å². The van der Waals surface area contributed by atoms with Crippen molar-refractivity contribution in [2.24, 2.45) is 0 Å². The third-order valence-corrected chi connectivity index (χ3v) is 2.31. The molecule has 2 aromatic rings. The van der Waals surface area contributed by atoms with Crippen molar-refractivity contribution in [1.29, 1.82) is 5.26 Å². The Morgan fingerprint density at radius 1 is 1.33 bits per heavy atom. The molecule has 0 spiro atoms. The predicted octanol–water partition coefficient (Wildman–Crippen LogP) is 2.36. The molecule has 0 fully saturated rings. The average molecular weight is 197 g/mol. The second-order valence-corrected chi connectivity index (χ2v) is 3.58. The average Bonchev–Trinajstić information content (AvgIpc) is 2.66. The van der Waals surface area contributed by atoms with Crippen LogP contribution in [-0.2, 0) is 0 Å². The summed E-state index contributed by atoms with van der Waals surface area (Å²) in [7, 11) is 0. The van der Waals surface area contributed by atoms with Gasteiger partial charge in [0.05, 0.1) is 17.4 Å². The van der Waals surface area contributed by atoms with Crippen LogP contribution in [-0.4, -0.2) is 9.78 Å². The number of aryl methyl sites for hydroxylation is 2. The molecule has 0 saturated heterocycles. The molecule has 0 radical (unpaired) electrons. The van der Waals surface area contributed by atoms with E-state index in [1.54, 1.807) is 17.1 Å². The Morgan fingerprint density at radius 2 is 2.13 bits per heavy atom. The van der Waals surface area contributed by atoms with Gasteiger partial charge in [0.1, 0.15) is 6.07 Å². The fourth-order valence-corrected chi connectivity index (χ4v) is 1.57. The molecular formula is C12H11N3. The van der Waals surface area contributed by atoms with Crippen molar-refractivity contribution in [1.82, 2.24) is 9.78 Å². The van der Waals surface area contributed by atoms with Gasteiger partial charge in [0.15, 0.2) is 0 Å². The minimum atomic E-state index is 0.579. The molecular weight excluding hydrogens is 186 g/mol. The lowest BCUT2D eigenvalue weighted by atomic mass is 10.1. The summed E-state index contributed by atoms with van der Waals surface area (Å²) in [6.45, 7) is 4.09. The minimum Gasteiger partial charge on any atom is -0.239 e. The Bertz CT molecular complexity index is 532. The summed E-state index contributed by atoms with van der Waals surface area (Å²) < 4.78 is 1.73. The van der Waals surface area contributed by atoms with Crippen LogP contribution in [0.4, 0.5) is 0 Å². The van der Waals surface area contributed by atoms with E-state index in [1.165, 1.54) is 5.56 Å². The maximum Gasteiger partial charge on any atom is 0.102 e. The fraction of sp³-hybridized carbons (Fsp3) is 0.167. The van der Waals surface area contributed by atoms with Crippen LogP contribution in [0.3, 0.4) is 0 Å². The molecule has 1 heterocycles. The van der Waals surface area contributed by atoms with Crippen molar-refractivity contribution in [3.8, 4) is 11.8 Å². The first-order valence-electron chi connectivity index (χ1n) is 4.73. The van der Waals surface area contributed by atoms with Crippen molar-refractivity contribution in [2.75, 3.05) is 0 Å². The number of nitriles is 1. The highest BCUT2D eigenvalue weighted by Gasteiger charge is 2.03. The molecule has 0 atom stereocenters. The first kappa shape index (κ1) is 9.47. The van der Waals surface area contributed by atoms with Gasteiger partial charge in [0.25, 0.3) is 0 Å². The largest absolute Gasteiger partial charge is 0.239 e. The smallest absolute Gasteiger partial charge is 0.102 e. The van der Waals surface area contributed by atoms with Crippen LogP contribution >= 0.6 is 0 Å². The van der Waals surface area contributed by atoms with Gasteiger partial charge in [-0.3, -0.25) is 0 Å². The van der Waals surface area contributed by atoms with E-state index in [9.17, 15) is 0 Å². The Hall–Kier alpha value is -2.08. The molecule has 2 rings (SSSR count). The van der Waals surface area contributed by atoms with Crippen LogP contribution in [0.2, 0.25) is 0 Å². The van der Waals surface area contributed by atoms with E-state index in [0.29, 0.717) is 5.56 Å². The molecule has 0 saturated carbocycles. The fourth-order valence-electron chi connectivity index (χ4n) is 1.57. The highest BCUT2D eigenvalue weighted by Crippen LogP contribution is 2.15. The zero-order valence-corrected chi connectivity index (χ0v) is 8.73. The van der Waals surface area contributed by atoms with E-state index in [-0.39, 0.29) is 0 Å². The molecule has 3 nitrogen and oxygen atoms in total. The summed E-state index contributed by atoms with van der Waals surface area (Å²) >= 11 is 0. The summed E-state index contributed by atoms with van der Waals surface area (Å²) in [5.74, 6) is 0. The molecule has 0 bridgehead atoms. The Labute approximate surface area is 88.6 Å². The second-order valence-electron chi connectivity index (χ2n) is 3.58. The maximum atomic E-state index is 8.71. The maximum absolute atomic E-state index is 8.71. The van der Waals surface area contributed by atoms with E-state index in [4.69, 9.17) is 5.26 Å². The summed E-state index contributed by atoms with van der Waals surface area (Å²) in [6, 6.07) is 8.22. The van der Waals surface area contributed by atoms with E-state index < -0.39 is 0 Å². The van der Waals surface area contributed by atoms with E-state index in [1.807, 2.05) is 19.1 Å². The molecule has 1 aromatic heterocycles. The van der Waals surface area contributed by atoms with E-state index >= 15 is 0 Å². The van der Waals surface area contributed by atoms with Gasteiger partial charge >= 0.3 is 0 Å². The molecule has 3 heteroatoms. The summed E-state index contributed by atoms with van der Waals surface area (Å²) in [5.41, 5.74) is 3.98. The molecule has 15 heavy (non-hydrogen) atoms. The number of nitrogens with zero attached hydrogens (tertiary/aromatic N) is 3. The third kappa shape index (κ3) is 1.75. The van der Waals surface area contributed by atoms with Crippen LogP contribution in [0.1, 0.15) is 16.7 Å². The molecule has 0 amide bonds. The number of hydrogen-bond acceptors (Lipinski definition) is 2. The summed E-state index contributed by atoms with van der Waals surface area (Å²) in [6.07, 6.45) is 3.30. The number of rotatable bonds is 1. The van der Waals surface area contributed by atoms with Gasteiger partial charge in [-0.2, -0.15) is 10.4 Å². The monoisotopic (exact) mass is 197 g/mol. The molecule has 0 N–H and O–H groups in total. The SMILES string of the molecule is Cc1ccc(-n2cc(C#N)cn2)c(C)c1. The topological polar surface area (TPSA) is 41.6 Å². The van der Waals surface area contributed by atoms with Gasteiger partial charge < -0.3 is 0 Å². The number of hydrogen-bond donors (Lipinski definition) is 0. The summed E-state index contributed by atoms with van der Waals surface area (Å²) in [4.78, 5) is 0. The van der Waals surface area contributed by atoms with Gasteiger partial charge in [-0.25, -0.2) is 4.68 Å². The normalized spacial score (nSPS) is 9.93. The molecule has 0 aliphatic heterocycles. The zero-order valence-electron chi connectivity index (χ0n) is 8.73. The first-order valence-corrected chi connectivity index (χ1v) is 4.73. The lowest BCUT2D eigenvalue weighted by molar-refractivity contribution is 0.872. The van der Waals surface area contributed by atoms with Gasteiger partial charge in [0.2, 0.25) is 0 Å². The Kier molecular flexibility index (Phi) is 2.26. The lowest BCUT2D eigenvalue weighted by Gasteiger charge is -2.05. The van der Waals surface area contributed by atoms with Crippen molar-refractivity contribution in [3.63, 3.8) is 0 Å². The van der Waals surface area contributed by atoms with Gasteiger partial charge in [0, 0.05) is 6.20 Å². The molecule has 0 aliphatic rings. The van der Waals surface area contributed by atoms with Crippen molar-refractivity contribution in [2.45, 2.75) is 13.8 Å². The zero-order chi connectivity index (χ0) is 10.8. The van der Waals surface area contributed by atoms with Crippen LogP contribution in [0, 0.1) is 25.2 Å². The highest BCUT2D eigenvalue weighted by atomic mass is 15.3. The highest BCUT2D eigenvalue weighted by molar-refractivity contribution is 5.42. The molecule has 0 unspecified atom stereocenters. The van der Waals surface area contributed by atoms with Gasteiger partial charge in [-0.1, -0.05) is 17.7 Å². The number of aromatic nitrogens is 2. The van der Waals surface area contributed by atoms with Crippen LogP contribution in [0.25, 0.3) is 5.69 Å². The van der Waals surface area contributed by atoms with Crippen molar-refractivity contribution in [3.05, 3.63) is 47.3 Å². The molecule has 0 aliphatic carbocycles. The van der Waals surface area contributed by atoms with Gasteiger partial charge in [-0.15, -0.1) is 0 Å². The standard InChI is InChI=1S/C12H11N3/c1-9-3-4-12(10(2)5-9)15-8-11(6-13)7-14-15/h3-5,7-8H,1-2H3. The van der Waals surface area contributed by atoms with Crippen LogP contribution in [0.15, 0.2) is 30.6 Å². The first-order chi connectivity index (χ1) is 7.20. The Balaban J connectivity index is 2.50. The van der Waals surface area contributed by atoms with E-state index in [2.05, 4.69) is 24.2 Å². The lowest BCUT2D eigenvalue weighted by Crippen LogP contribution is -1.97. The van der Waals surface area contributed by atoms with Crippen LogP contribution < -0.4 is 0 Å². The molecule has 1 aromatic carbocycles. The Morgan fingerprint density at radius 3 is 2.73 bits per heavy atom. The van der Waals surface area contributed by atoms with E-state index in [0.717, 1.165) is 11.3 Å². The predicted molar refractivity (Wildman–Crippen MR) is 57.8 cm³/mol. The number of benzene rings is 1.